The number of amides is 1. The SMILES string of the molecule is O=C([C@@H]1NC[C@H]2CC[C@H]21)N1CCCCC1. The van der Waals surface area contributed by atoms with E-state index in [0.717, 1.165) is 25.6 Å². The Morgan fingerprint density at radius 3 is 2.53 bits per heavy atom. The molecule has 2 saturated heterocycles. The summed E-state index contributed by atoms with van der Waals surface area (Å²) in [5, 5.41) is 3.42. The average molecular weight is 208 g/mol. The second-order valence-electron chi connectivity index (χ2n) is 5.27. The molecule has 0 aromatic rings. The largest absolute Gasteiger partial charge is 0.341 e. The van der Waals surface area contributed by atoms with Crippen molar-refractivity contribution in [3.05, 3.63) is 0 Å². The monoisotopic (exact) mass is 208 g/mol. The fourth-order valence-corrected chi connectivity index (χ4v) is 3.30. The molecule has 3 atom stereocenters. The lowest BCUT2D eigenvalue weighted by atomic mass is 9.73. The number of fused-ring (bicyclic) bond motifs is 1. The molecule has 0 aromatic carbocycles. The van der Waals surface area contributed by atoms with E-state index in [9.17, 15) is 4.79 Å². The molecule has 2 aliphatic heterocycles. The van der Waals surface area contributed by atoms with Crippen LogP contribution in [0.3, 0.4) is 0 Å². The van der Waals surface area contributed by atoms with E-state index < -0.39 is 0 Å². The minimum atomic E-state index is 0.168. The van der Waals surface area contributed by atoms with Crippen molar-refractivity contribution in [1.82, 2.24) is 10.2 Å². The highest BCUT2D eigenvalue weighted by Crippen LogP contribution is 2.41. The molecule has 0 unspecified atom stereocenters. The Labute approximate surface area is 91.2 Å². The third kappa shape index (κ3) is 1.57. The normalized spacial score (nSPS) is 39.7. The van der Waals surface area contributed by atoms with Crippen LogP contribution in [0.2, 0.25) is 0 Å². The number of piperidine rings is 1. The van der Waals surface area contributed by atoms with E-state index in [1.165, 1.54) is 32.1 Å². The Bertz CT molecular complexity index is 260. The van der Waals surface area contributed by atoms with Crippen LogP contribution in [0, 0.1) is 11.8 Å². The molecule has 1 amide bonds. The van der Waals surface area contributed by atoms with E-state index in [-0.39, 0.29) is 6.04 Å². The second kappa shape index (κ2) is 3.78. The number of nitrogens with one attached hydrogen (secondary N) is 1. The quantitative estimate of drug-likeness (QED) is 0.697. The smallest absolute Gasteiger partial charge is 0.240 e. The molecule has 3 nitrogen and oxygen atoms in total. The zero-order chi connectivity index (χ0) is 10.3. The van der Waals surface area contributed by atoms with Gasteiger partial charge in [0.15, 0.2) is 0 Å². The van der Waals surface area contributed by atoms with Crippen LogP contribution in [0.15, 0.2) is 0 Å². The zero-order valence-corrected chi connectivity index (χ0v) is 9.24. The zero-order valence-electron chi connectivity index (χ0n) is 9.24. The maximum atomic E-state index is 12.3. The number of carbonyl (C=O) groups is 1. The second-order valence-corrected chi connectivity index (χ2v) is 5.27. The van der Waals surface area contributed by atoms with Crippen molar-refractivity contribution in [3.63, 3.8) is 0 Å². The highest BCUT2D eigenvalue weighted by atomic mass is 16.2. The summed E-state index contributed by atoms with van der Waals surface area (Å²) in [4.78, 5) is 14.3. The first-order valence-electron chi connectivity index (χ1n) is 6.38. The molecule has 84 valence electrons. The van der Waals surface area contributed by atoms with Gasteiger partial charge < -0.3 is 10.2 Å². The molecule has 3 rings (SSSR count). The van der Waals surface area contributed by atoms with Gasteiger partial charge in [0, 0.05) is 13.1 Å². The maximum Gasteiger partial charge on any atom is 0.240 e. The molecule has 1 aliphatic carbocycles. The van der Waals surface area contributed by atoms with Crippen molar-refractivity contribution in [3.8, 4) is 0 Å². The molecule has 1 N–H and O–H groups in total. The average Bonchev–Trinajstić information content (AvgIpc) is 2.54. The van der Waals surface area contributed by atoms with E-state index in [2.05, 4.69) is 10.2 Å². The Hall–Kier alpha value is -0.570. The Morgan fingerprint density at radius 2 is 1.93 bits per heavy atom. The summed E-state index contributed by atoms with van der Waals surface area (Å²) in [5.74, 6) is 1.87. The van der Waals surface area contributed by atoms with Gasteiger partial charge >= 0.3 is 0 Å². The Kier molecular flexibility index (Phi) is 2.43. The standard InChI is InChI=1S/C12H20N2O/c15-12(14-6-2-1-3-7-14)11-10-5-4-9(10)8-13-11/h9-11,13H,1-8H2/t9-,10-,11-/m1/s1. The van der Waals surface area contributed by atoms with Crippen molar-refractivity contribution in [1.29, 1.82) is 0 Å². The minimum Gasteiger partial charge on any atom is -0.341 e. The van der Waals surface area contributed by atoms with Crippen LogP contribution >= 0.6 is 0 Å². The van der Waals surface area contributed by atoms with E-state index in [0.29, 0.717) is 11.8 Å². The fourth-order valence-electron chi connectivity index (χ4n) is 3.30. The Balaban J connectivity index is 1.63. The molecule has 3 aliphatic rings. The first-order valence-corrected chi connectivity index (χ1v) is 6.38. The summed E-state index contributed by atoms with van der Waals surface area (Å²) in [5.41, 5.74) is 0. The van der Waals surface area contributed by atoms with Crippen LogP contribution in [0.1, 0.15) is 32.1 Å². The number of rotatable bonds is 1. The molecule has 0 bridgehead atoms. The lowest BCUT2D eigenvalue weighted by molar-refractivity contribution is -0.135. The lowest BCUT2D eigenvalue weighted by Gasteiger charge is -2.36. The summed E-state index contributed by atoms with van der Waals surface area (Å²) < 4.78 is 0. The molecule has 1 saturated carbocycles. The number of carbonyl (C=O) groups excluding carboxylic acids is 1. The topological polar surface area (TPSA) is 32.3 Å². The first kappa shape index (κ1) is 9.64. The van der Waals surface area contributed by atoms with Crippen LogP contribution in [0.25, 0.3) is 0 Å². The first-order chi connectivity index (χ1) is 7.36. The van der Waals surface area contributed by atoms with Gasteiger partial charge in [0.2, 0.25) is 5.91 Å². The van der Waals surface area contributed by atoms with Gasteiger partial charge in [-0.1, -0.05) is 0 Å². The van der Waals surface area contributed by atoms with Gasteiger partial charge in [0.25, 0.3) is 0 Å². The molecule has 2 heterocycles. The van der Waals surface area contributed by atoms with E-state index in [1.807, 2.05) is 0 Å². The molecule has 3 fully saturated rings. The van der Waals surface area contributed by atoms with Crippen molar-refractivity contribution in [2.24, 2.45) is 11.8 Å². The minimum absolute atomic E-state index is 0.168. The molecule has 0 spiro atoms. The number of hydrogen-bond acceptors (Lipinski definition) is 2. The molecule has 0 aromatic heterocycles. The summed E-state index contributed by atoms with van der Waals surface area (Å²) in [7, 11) is 0. The lowest BCUT2D eigenvalue weighted by Crippen LogP contribution is -2.49. The van der Waals surface area contributed by atoms with E-state index in [1.54, 1.807) is 0 Å². The molecular weight excluding hydrogens is 188 g/mol. The van der Waals surface area contributed by atoms with Crippen molar-refractivity contribution < 1.29 is 4.79 Å². The van der Waals surface area contributed by atoms with Crippen molar-refractivity contribution >= 4 is 5.91 Å². The van der Waals surface area contributed by atoms with Gasteiger partial charge in [-0.15, -0.1) is 0 Å². The summed E-state index contributed by atoms with van der Waals surface area (Å²) in [6, 6.07) is 0.168. The summed E-state index contributed by atoms with van der Waals surface area (Å²) in [6.45, 7) is 3.07. The van der Waals surface area contributed by atoms with Crippen LogP contribution < -0.4 is 5.32 Å². The van der Waals surface area contributed by atoms with Gasteiger partial charge in [0.05, 0.1) is 6.04 Å². The van der Waals surface area contributed by atoms with E-state index >= 15 is 0 Å². The van der Waals surface area contributed by atoms with Gasteiger partial charge in [-0.3, -0.25) is 4.79 Å². The van der Waals surface area contributed by atoms with Gasteiger partial charge in [0.1, 0.15) is 0 Å². The van der Waals surface area contributed by atoms with Crippen LogP contribution in [0.5, 0.6) is 0 Å². The predicted molar refractivity (Wildman–Crippen MR) is 58.4 cm³/mol. The fraction of sp³-hybridized carbons (Fsp3) is 0.917. The predicted octanol–water partition coefficient (Wildman–Crippen LogP) is 0.997. The number of nitrogens with zero attached hydrogens (tertiary/aromatic N) is 1. The number of likely N-dealkylation sites (tertiary alicyclic amines) is 1. The van der Waals surface area contributed by atoms with E-state index in [4.69, 9.17) is 0 Å². The van der Waals surface area contributed by atoms with Crippen LogP contribution in [-0.2, 0) is 4.79 Å². The summed E-state index contributed by atoms with van der Waals surface area (Å²) in [6.07, 6.45) is 6.30. The van der Waals surface area contributed by atoms with Gasteiger partial charge in [-0.25, -0.2) is 0 Å². The van der Waals surface area contributed by atoms with Crippen LogP contribution in [-0.4, -0.2) is 36.5 Å². The maximum absolute atomic E-state index is 12.3. The summed E-state index contributed by atoms with van der Waals surface area (Å²) >= 11 is 0. The van der Waals surface area contributed by atoms with Crippen molar-refractivity contribution in [2.75, 3.05) is 19.6 Å². The van der Waals surface area contributed by atoms with Gasteiger partial charge in [-0.05, 0) is 50.5 Å². The third-order valence-electron chi connectivity index (χ3n) is 4.44. The Morgan fingerprint density at radius 1 is 1.13 bits per heavy atom. The molecular formula is C12H20N2O. The number of hydrogen-bond donors (Lipinski definition) is 1. The van der Waals surface area contributed by atoms with Gasteiger partial charge in [-0.2, -0.15) is 0 Å². The highest BCUT2D eigenvalue weighted by Gasteiger charge is 2.46. The molecule has 3 heteroatoms. The molecule has 0 radical (unpaired) electrons. The third-order valence-corrected chi connectivity index (χ3v) is 4.44. The van der Waals surface area contributed by atoms with Crippen LogP contribution in [0.4, 0.5) is 0 Å². The highest BCUT2D eigenvalue weighted by molar-refractivity contribution is 5.83. The van der Waals surface area contributed by atoms with Crippen molar-refractivity contribution in [2.45, 2.75) is 38.1 Å². The molecule has 15 heavy (non-hydrogen) atoms.